The van der Waals surface area contributed by atoms with Crippen molar-refractivity contribution >= 4 is 33.1 Å². The number of anilines is 2. The first-order chi connectivity index (χ1) is 13.7. The molecule has 2 N–H and O–H groups in total. The Kier molecular flexibility index (Phi) is 4.35. The number of ketones is 2. The van der Waals surface area contributed by atoms with Crippen molar-refractivity contribution in [2.75, 3.05) is 11.6 Å². The standard InChI is InChI=1S/C21H15NO6S/c1-29(26,27)28-13-8-6-12(7-9-13)22-16-10-11-17(23)19-18(16)20(24)14-4-2-3-5-15(14)21(19)25/h2-11,22-23H,1H3. The highest BCUT2D eigenvalue weighted by atomic mass is 32.2. The molecule has 0 saturated carbocycles. The van der Waals surface area contributed by atoms with E-state index >= 15 is 0 Å². The third-order valence-electron chi connectivity index (χ3n) is 4.43. The largest absolute Gasteiger partial charge is 0.507 e. The smallest absolute Gasteiger partial charge is 0.306 e. The molecule has 3 aromatic rings. The van der Waals surface area contributed by atoms with E-state index in [0.717, 1.165) is 6.26 Å². The minimum Gasteiger partial charge on any atom is -0.507 e. The van der Waals surface area contributed by atoms with Gasteiger partial charge in [0.1, 0.15) is 11.5 Å². The lowest BCUT2D eigenvalue weighted by atomic mass is 9.82. The van der Waals surface area contributed by atoms with Crippen LogP contribution in [0.5, 0.6) is 11.5 Å². The second kappa shape index (κ2) is 6.75. The van der Waals surface area contributed by atoms with Crippen molar-refractivity contribution in [1.82, 2.24) is 0 Å². The van der Waals surface area contributed by atoms with Gasteiger partial charge in [0.25, 0.3) is 0 Å². The van der Waals surface area contributed by atoms with Crippen LogP contribution in [0.1, 0.15) is 31.8 Å². The third kappa shape index (κ3) is 3.45. The van der Waals surface area contributed by atoms with Gasteiger partial charge in [-0.05, 0) is 36.4 Å². The van der Waals surface area contributed by atoms with Crippen molar-refractivity contribution < 1.29 is 27.3 Å². The maximum absolute atomic E-state index is 13.0. The number of phenolic OH excluding ortho intramolecular Hbond substituents is 1. The SMILES string of the molecule is CS(=O)(=O)Oc1ccc(Nc2ccc(O)c3c2C(=O)c2ccccc2C3=O)cc1. The van der Waals surface area contributed by atoms with Crippen LogP contribution in [-0.2, 0) is 10.1 Å². The number of carbonyl (C=O) groups is 2. The number of hydrogen-bond donors (Lipinski definition) is 2. The second-order valence-electron chi connectivity index (χ2n) is 6.52. The van der Waals surface area contributed by atoms with Gasteiger partial charge < -0.3 is 14.6 Å². The third-order valence-corrected chi connectivity index (χ3v) is 4.93. The summed E-state index contributed by atoms with van der Waals surface area (Å²) in [4.78, 5) is 25.9. The predicted molar refractivity (Wildman–Crippen MR) is 107 cm³/mol. The molecular weight excluding hydrogens is 394 g/mol. The van der Waals surface area contributed by atoms with E-state index < -0.39 is 15.9 Å². The van der Waals surface area contributed by atoms with Gasteiger partial charge in [0.05, 0.1) is 23.1 Å². The van der Waals surface area contributed by atoms with Gasteiger partial charge in [-0.3, -0.25) is 9.59 Å². The molecule has 0 atom stereocenters. The number of rotatable bonds is 4. The van der Waals surface area contributed by atoms with Crippen LogP contribution in [0, 0.1) is 0 Å². The summed E-state index contributed by atoms with van der Waals surface area (Å²) < 4.78 is 27.2. The Labute approximate surface area is 166 Å². The first kappa shape index (κ1) is 18.7. The van der Waals surface area contributed by atoms with Gasteiger partial charge in [-0.2, -0.15) is 8.42 Å². The van der Waals surface area contributed by atoms with Crippen molar-refractivity contribution in [1.29, 1.82) is 0 Å². The zero-order valence-corrected chi connectivity index (χ0v) is 16.0. The van der Waals surface area contributed by atoms with Gasteiger partial charge in [0.15, 0.2) is 11.6 Å². The monoisotopic (exact) mass is 409 g/mol. The molecule has 0 radical (unpaired) electrons. The van der Waals surface area contributed by atoms with E-state index in [4.69, 9.17) is 4.18 Å². The molecule has 1 aliphatic carbocycles. The fourth-order valence-electron chi connectivity index (χ4n) is 3.23. The second-order valence-corrected chi connectivity index (χ2v) is 8.10. The summed E-state index contributed by atoms with van der Waals surface area (Å²) in [6.07, 6.45) is 0.947. The van der Waals surface area contributed by atoms with E-state index in [1.807, 2.05) is 0 Å². The predicted octanol–water partition coefficient (Wildman–Crippen LogP) is 3.25. The Hall–Kier alpha value is -3.65. The van der Waals surface area contributed by atoms with Crippen LogP contribution in [0.2, 0.25) is 0 Å². The fourth-order valence-corrected chi connectivity index (χ4v) is 3.69. The van der Waals surface area contributed by atoms with E-state index in [-0.39, 0.29) is 39.5 Å². The number of fused-ring (bicyclic) bond motifs is 2. The van der Waals surface area contributed by atoms with Crippen LogP contribution < -0.4 is 9.50 Å². The summed E-state index contributed by atoms with van der Waals surface area (Å²) in [6, 6.07) is 15.4. The molecule has 8 heteroatoms. The molecule has 0 fully saturated rings. The first-order valence-corrected chi connectivity index (χ1v) is 10.4. The van der Waals surface area contributed by atoms with Crippen molar-refractivity contribution in [2.45, 2.75) is 0 Å². The number of aromatic hydroxyl groups is 1. The molecule has 1 aliphatic rings. The fraction of sp³-hybridized carbons (Fsp3) is 0.0476. The first-order valence-electron chi connectivity index (χ1n) is 8.55. The molecule has 0 aliphatic heterocycles. The van der Waals surface area contributed by atoms with Crippen LogP contribution >= 0.6 is 0 Å². The minimum absolute atomic E-state index is 0.0456. The lowest BCUT2D eigenvalue weighted by Gasteiger charge is -2.21. The normalized spacial score (nSPS) is 12.9. The zero-order valence-electron chi connectivity index (χ0n) is 15.2. The number of phenols is 1. The quantitative estimate of drug-likeness (QED) is 0.393. The van der Waals surface area contributed by atoms with Crippen molar-refractivity contribution in [3.05, 3.63) is 82.9 Å². The summed E-state index contributed by atoms with van der Waals surface area (Å²) in [6.45, 7) is 0. The minimum atomic E-state index is -3.64. The number of hydrogen-bond acceptors (Lipinski definition) is 7. The highest BCUT2D eigenvalue weighted by Gasteiger charge is 2.33. The summed E-state index contributed by atoms with van der Waals surface area (Å²) in [7, 11) is -3.64. The van der Waals surface area contributed by atoms with Crippen LogP contribution in [0.3, 0.4) is 0 Å². The maximum atomic E-state index is 13.0. The van der Waals surface area contributed by atoms with Crippen molar-refractivity contribution in [2.24, 2.45) is 0 Å². The van der Waals surface area contributed by atoms with Crippen LogP contribution in [0.4, 0.5) is 11.4 Å². The lowest BCUT2D eigenvalue weighted by molar-refractivity contribution is 0.0977. The summed E-state index contributed by atoms with van der Waals surface area (Å²) in [5, 5.41) is 13.3. The molecule has 0 aromatic heterocycles. The summed E-state index contributed by atoms with van der Waals surface area (Å²) in [5.74, 6) is -0.917. The average Bonchev–Trinajstić information content (AvgIpc) is 2.68. The van der Waals surface area contributed by atoms with Gasteiger partial charge in [0, 0.05) is 16.8 Å². The molecule has 7 nitrogen and oxygen atoms in total. The highest BCUT2D eigenvalue weighted by molar-refractivity contribution is 7.86. The maximum Gasteiger partial charge on any atom is 0.306 e. The molecule has 0 spiro atoms. The van der Waals surface area contributed by atoms with Crippen LogP contribution in [0.25, 0.3) is 0 Å². The van der Waals surface area contributed by atoms with Gasteiger partial charge in [-0.25, -0.2) is 0 Å². The van der Waals surface area contributed by atoms with Crippen LogP contribution in [0.15, 0.2) is 60.7 Å². The number of nitrogens with one attached hydrogen (secondary N) is 1. The molecule has 3 aromatic carbocycles. The van der Waals surface area contributed by atoms with E-state index in [2.05, 4.69) is 5.32 Å². The lowest BCUT2D eigenvalue weighted by Crippen LogP contribution is -2.22. The Bertz CT molecular complexity index is 1260. The molecule has 0 bridgehead atoms. The zero-order chi connectivity index (χ0) is 20.8. The Morgan fingerprint density at radius 3 is 2.00 bits per heavy atom. The van der Waals surface area contributed by atoms with Gasteiger partial charge in [-0.1, -0.05) is 24.3 Å². The molecule has 0 unspecified atom stereocenters. The molecule has 146 valence electrons. The number of benzene rings is 3. The Morgan fingerprint density at radius 1 is 0.828 bits per heavy atom. The van der Waals surface area contributed by atoms with Gasteiger partial charge in [0.2, 0.25) is 0 Å². The highest BCUT2D eigenvalue weighted by Crippen LogP contribution is 2.38. The Balaban J connectivity index is 1.74. The molecular formula is C21H15NO6S. The topological polar surface area (TPSA) is 110 Å². The van der Waals surface area contributed by atoms with E-state index in [1.165, 1.54) is 24.3 Å². The molecule has 29 heavy (non-hydrogen) atoms. The Morgan fingerprint density at radius 2 is 1.41 bits per heavy atom. The molecule has 0 amide bonds. The van der Waals surface area contributed by atoms with E-state index in [9.17, 15) is 23.1 Å². The number of carbonyl (C=O) groups excluding carboxylic acids is 2. The van der Waals surface area contributed by atoms with E-state index in [0.29, 0.717) is 11.4 Å². The molecule has 4 rings (SSSR count). The van der Waals surface area contributed by atoms with Gasteiger partial charge >= 0.3 is 10.1 Å². The molecule has 0 saturated heterocycles. The van der Waals surface area contributed by atoms with Gasteiger partial charge in [-0.15, -0.1) is 0 Å². The summed E-state index contributed by atoms with van der Waals surface area (Å²) >= 11 is 0. The van der Waals surface area contributed by atoms with Crippen molar-refractivity contribution in [3.8, 4) is 11.5 Å². The average molecular weight is 409 g/mol. The van der Waals surface area contributed by atoms with Crippen molar-refractivity contribution in [3.63, 3.8) is 0 Å². The summed E-state index contributed by atoms with van der Waals surface area (Å²) in [5.41, 5.74) is 1.46. The molecule has 0 heterocycles. The van der Waals surface area contributed by atoms with E-state index in [1.54, 1.807) is 36.4 Å². The van der Waals surface area contributed by atoms with Crippen LogP contribution in [-0.4, -0.2) is 31.3 Å².